The summed E-state index contributed by atoms with van der Waals surface area (Å²) in [5, 5.41) is 0. The van der Waals surface area contributed by atoms with Gasteiger partial charge in [-0.25, -0.2) is 0 Å². The van der Waals surface area contributed by atoms with Crippen LogP contribution in [0.25, 0.3) is 0 Å². The van der Waals surface area contributed by atoms with Crippen molar-refractivity contribution in [2.24, 2.45) is 5.92 Å². The number of ether oxygens (including phenoxy) is 2. The van der Waals surface area contributed by atoms with Gasteiger partial charge < -0.3 is 14.4 Å². The fraction of sp³-hybridized carbons (Fsp3) is 0.812. The van der Waals surface area contributed by atoms with E-state index in [0.29, 0.717) is 24.9 Å². The van der Waals surface area contributed by atoms with Crippen LogP contribution in [0.1, 0.15) is 39.0 Å². The summed E-state index contributed by atoms with van der Waals surface area (Å²) in [5.74, 6) is 0.755. The van der Waals surface area contributed by atoms with E-state index in [-0.39, 0.29) is 18.2 Å². The third-order valence-electron chi connectivity index (χ3n) is 4.79. The van der Waals surface area contributed by atoms with Gasteiger partial charge in [-0.2, -0.15) is 0 Å². The highest BCUT2D eigenvalue weighted by atomic mass is 16.5. The zero-order valence-corrected chi connectivity index (χ0v) is 12.3. The molecule has 0 aromatic heterocycles. The van der Waals surface area contributed by atoms with Crippen LogP contribution in [-0.2, 0) is 14.3 Å². The molecular weight excluding hydrogens is 254 g/mol. The van der Waals surface area contributed by atoms with Gasteiger partial charge in [0.15, 0.2) is 0 Å². The summed E-state index contributed by atoms with van der Waals surface area (Å²) < 4.78 is 11.6. The van der Waals surface area contributed by atoms with Gasteiger partial charge in [0.25, 0.3) is 0 Å². The van der Waals surface area contributed by atoms with E-state index in [0.717, 1.165) is 38.8 Å². The lowest BCUT2D eigenvalue weighted by atomic mass is 10.0. The summed E-state index contributed by atoms with van der Waals surface area (Å²) in [7, 11) is 0. The molecule has 0 aromatic carbocycles. The van der Waals surface area contributed by atoms with Gasteiger partial charge in [0.1, 0.15) is 6.10 Å². The van der Waals surface area contributed by atoms with E-state index >= 15 is 0 Å². The maximum Gasteiger partial charge on any atom is 0.223 e. The second-order valence-electron chi connectivity index (χ2n) is 6.03. The molecule has 3 aliphatic rings. The Labute approximate surface area is 121 Å². The molecule has 4 heteroatoms. The minimum Gasteiger partial charge on any atom is -0.376 e. The van der Waals surface area contributed by atoms with Gasteiger partial charge in [-0.15, -0.1) is 0 Å². The van der Waals surface area contributed by atoms with Crippen LogP contribution in [0.15, 0.2) is 12.2 Å². The molecule has 2 fully saturated rings. The van der Waals surface area contributed by atoms with Gasteiger partial charge >= 0.3 is 0 Å². The number of morpholine rings is 1. The van der Waals surface area contributed by atoms with Crippen molar-refractivity contribution >= 4 is 5.91 Å². The first kappa shape index (κ1) is 14.1. The van der Waals surface area contributed by atoms with Crippen molar-refractivity contribution in [1.29, 1.82) is 0 Å². The quantitative estimate of drug-likeness (QED) is 0.740. The van der Waals surface area contributed by atoms with Crippen molar-refractivity contribution in [2.45, 2.75) is 57.3 Å². The average Bonchev–Trinajstić information content (AvgIpc) is 3.09. The Balaban J connectivity index is 1.61. The van der Waals surface area contributed by atoms with Crippen LogP contribution in [0.4, 0.5) is 0 Å². The third-order valence-corrected chi connectivity index (χ3v) is 4.79. The molecule has 4 atom stereocenters. The molecule has 4 nitrogen and oxygen atoms in total. The van der Waals surface area contributed by atoms with Gasteiger partial charge in [-0.3, -0.25) is 4.79 Å². The van der Waals surface area contributed by atoms with Crippen molar-refractivity contribution in [3.63, 3.8) is 0 Å². The van der Waals surface area contributed by atoms with E-state index in [9.17, 15) is 4.79 Å². The summed E-state index contributed by atoms with van der Waals surface area (Å²) in [4.78, 5) is 14.6. The smallest absolute Gasteiger partial charge is 0.223 e. The fourth-order valence-electron chi connectivity index (χ4n) is 3.82. The molecular formula is C16H25NO3. The fourth-order valence-corrected chi connectivity index (χ4v) is 3.82. The van der Waals surface area contributed by atoms with E-state index in [2.05, 4.69) is 17.1 Å². The van der Waals surface area contributed by atoms with Crippen molar-refractivity contribution in [1.82, 2.24) is 4.90 Å². The number of allylic oxidation sites excluding steroid dienone is 2. The first-order chi connectivity index (χ1) is 9.79. The van der Waals surface area contributed by atoms with Crippen LogP contribution in [-0.4, -0.2) is 48.8 Å². The van der Waals surface area contributed by atoms with E-state index < -0.39 is 0 Å². The Morgan fingerprint density at radius 2 is 2.30 bits per heavy atom. The summed E-state index contributed by atoms with van der Waals surface area (Å²) in [6.45, 7) is 4.13. The zero-order chi connectivity index (χ0) is 13.9. The topological polar surface area (TPSA) is 38.8 Å². The predicted octanol–water partition coefficient (Wildman–Crippen LogP) is 2.14. The largest absolute Gasteiger partial charge is 0.376 e. The normalized spacial score (nSPS) is 36.4. The minimum absolute atomic E-state index is 0.0896. The molecule has 1 heterocycles. The van der Waals surface area contributed by atoms with E-state index in [1.165, 1.54) is 0 Å². The van der Waals surface area contributed by atoms with E-state index in [4.69, 9.17) is 9.47 Å². The first-order valence-corrected chi connectivity index (χ1v) is 7.99. The second kappa shape index (κ2) is 6.27. The van der Waals surface area contributed by atoms with Crippen molar-refractivity contribution in [3.8, 4) is 0 Å². The minimum atomic E-state index is 0.0896. The number of rotatable bonds is 4. The molecule has 1 saturated carbocycles. The Hall–Kier alpha value is -0.870. The lowest BCUT2D eigenvalue weighted by Gasteiger charge is -2.39. The SMILES string of the molecule is CCO[C@H]1CC[C@H]2[C@H]1OCCN2C(=O)C[C@@H]1C=CCC1. The highest BCUT2D eigenvalue weighted by molar-refractivity contribution is 5.77. The lowest BCUT2D eigenvalue weighted by molar-refractivity contribution is -0.151. The molecule has 0 aromatic rings. The van der Waals surface area contributed by atoms with Gasteiger partial charge in [0.05, 0.1) is 18.8 Å². The Kier molecular flexibility index (Phi) is 4.41. The number of fused-ring (bicyclic) bond motifs is 1. The van der Waals surface area contributed by atoms with Crippen LogP contribution in [0.2, 0.25) is 0 Å². The zero-order valence-electron chi connectivity index (χ0n) is 12.3. The number of carbonyl (C=O) groups excluding carboxylic acids is 1. The van der Waals surface area contributed by atoms with Gasteiger partial charge in [0, 0.05) is 19.6 Å². The third kappa shape index (κ3) is 2.77. The highest BCUT2D eigenvalue weighted by Crippen LogP contribution is 2.33. The number of carbonyl (C=O) groups is 1. The number of amides is 1. The molecule has 0 radical (unpaired) electrons. The lowest BCUT2D eigenvalue weighted by Crippen LogP contribution is -2.54. The van der Waals surface area contributed by atoms with Crippen molar-refractivity contribution in [2.75, 3.05) is 19.8 Å². The number of hydrogen-bond acceptors (Lipinski definition) is 3. The van der Waals surface area contributed by atoms with Crippen molar-refractivity contribution < 1.29 is 14.3 Å². The van der Waals surface area contributed by atoms with Crippen molar-refractivity contribution in [3.05, 3.63) is 12.2 Å². The molecule has 1 amide bonds. The van der Waals surface area contributed by atoms with Crippen LogP contribution in [0.5, 0.6) is 0 Å². The summed E-state index contributed by atoms with van der Waals surface area (Å²) in [5.41, 5.74) is 0. The average molecular weight is 279 g/mol. The number of hydrogen-bond donors (Lipinski definition) is 0. The van der Waals surface area contributed by atoms with E-state index in [1.54, 1.807) is 0 Å². The summed E-state index contributed by atoms with van der Waals surface area (Å²) >= 11 is 0. The standard InChI is InChI=1S/C16H25NO3/c1-2-19-14-8-7-13-16(14)20-10-9-17(13)15(18)11-12-5-3-4-6-12/h3,5,12-14,16H,2,4,6-11H2,1H3/t12-,13+,14+,16-/m1/s1. The Bertz CT molecular complexity index is 382. The molecule has 112 valence electrons. The predicted molar refractivity (Wildman–Crippen MR) is 76.4 cm³/mol. The van der Waals surface area contributed by atoms with Crippen LogP contribution < -0.4 is 0 Å². The molecule has 0 spiro atoms. The van der Waals surface area contributed by atoms with Gasteiger partial charge in [0.2, 0.25) is 5.91 Å². The highest BCUT2D eigenvalue weighted by Gasteiger charge is 2.44. The Morgan fingerprint density at radius 3 is 3.05 bits per heavy atom. The molecule has 0 N–H and O–H groups in total. The van der Waals surface area contributed by atoms with E-state index in [1.807, 2.05) is 6.92 Å². The van der Waals surface area contributed by atoms with Gasteiger partial charge in [-0.05, 0) is 38.5 Å². The summed E-state index contributed by atoms with van der Waals surface area (Å²) in [6.07, 6.45) is 9.61. The molecule has 0 bridgehead atoms. The van der Waals surface area contributed by atoms with Crippen LogP contribution in [0.3, 0.4) is 0 Å². The van der Waals surface area contributed by atoms with Crippen LogP contribution in [0, 0.1) is 5.92 Å². The molecule has 2 aliphatic carbocycles. The maximum atomic E-state index is 12.6. The number of nitrogens with zero attached hydrogens (tertiary/aromatic N) is 1. The molecule has 20 heavy (non-hydrogen) atoms. The monoisotopic (exact) mass is 279 g/mol. The summed E-state index contributed by atoms with van der Waals surface area (Å²) in [6, 6.07) is 0.234. The second-order valence-corrected chi connectivity index (χ2v) is 6.03. The molecule has 0 unspecified atom stereocenters. The maximum absolute atomic E-state index is 12.6. The van der Waals surface area contributed by atoms with Crippen LogP contribution >= 0.6 is 0 Å². The molecule has 1 saturated heterocycles. The first-order valence-electron chi connectivity index (χ1n) is 7.99. The molecule has 1 aliphatic heterocycles. The molecule has 3 rings (SSSR count). The van der Waals surface area contributed by atoms with Gasteiger partial charge in [-0.1, -0.05) is 12.2 Å². The Morgan fingerprint density at radius 1 is 1.40 bits per heavy atom.